The number of amides is 1. The van der Waals surface area contributed by atoms with E-state index in [1.165, 1.54) is 6.07 Å². The molecule has 1 aromatic heterocycles. The molecule has 0 atom stereocenters. The van der Waals surface area contributed by atoms with E-state index >= 15 is 0 Å². The lowest BCUT2D eigenvalue weighted by molar-refractivity contribution is -0.384. The molecule has 2 heterocycles. The van der Waals surface area contributed by atoms with Crippen molar-refractivity contribution in [1.82, 2.24) is 8.75 Å². The van der Waals surface area contributed by atoms with Gasteiger partial charge in [0, 0.05) is 24.7 Å². The van der Waals surface area contributed by atoms with E-state index < -0.39 is 10.8 Å². The number of benzene rings is 2. The number of hydrogen-bond donors (Lipinski definition) is 1. The third-order valence-corrected chi connectivity index (χ3v) is 4.86. The highest BCUT2D eigenvalue weighted by Gasteiger charge is 2.23. The Morgan fingerprint density at radius 2 is 2.04 bits per heavy atom. The summed E-state index contributed by atoms with van der Waals surface area (Å²) in [5.74, 6) is -0.438. The lowest BCUT2D eigenvalue weighted by Crippen LogP contribution is -2.36. The van der Waals surface area contributed by atoms with Gasteiger partial charge in [-0.25, -0.2) is 0 Å². The van der Waals surface area contributed by atoms with E-state index in [4.69, 9.17) is 4.74 Å². The van der Waals surface area contributed by atoms with Gasteiger partial charge in [-0.3, -0.25) is 14.9 Å². The van der Waals surface area contributed by atoms with Crippen molar-refractivity contribution in [2.45, 2.75) is 0 Å². The number of carbonyl (C=O) groups excluding carboxylic acids is 1. The number of carbonyl (C=O) groups is 1. The summed E-state index contributed by atoms with van der Waals surface area (Å²) in [6.45, 7) is 2.19. The van der Waals surface area contributed by atoms with Gasteiger partial charge in [-0.1, -0.05) is 6.07 Å². The van der Waals surface area contributed by atoms with Gasteiger partial charge in [0.25, 0.3) is 11.6 Å². The zero-order chi connectivity index (χ0) is 18.8. The molecule has 2 aromatic carbocycles. The van der Waals surface area contributed by atoms with Crippen LogP contribution in [0.1, 0.15) is 10.4 Å². The second-order valence-corrected chi connectivity index (χ2v) is 6.48. The van der Waals surface area contributed by atoms with Crippen molar-refractivity contribution in [3.8, 4) is 0 Å². The van der Waals surface area contributed by atoms with Crippen molar-refractivity contribution in [1.29, 1.82) is 0 Å². The Morgan fingerprint density at radius 3 is 2.81 bits per heavy atom. The van der Waals surface area contributed by atoms with Gasteiger partial charge in [0.05, 0.1) is 35.6 Å². The molecule has 0 bridgehead atoms. The van der Waals surface area contributed by atoms with E-state index in [2.05, 4.69) is 14.1 Å². The largest absolute Gasteiger partial charge is 0.378 e. The van der Waals surface area contributed by atoms with E-state index in [1.54, 1.807) is 30.3 Å². The number of nitro groups is 1. The number of nitrogens with one attached hydrogen (secondary N) is 1. The molecule has 1 aliphatic heterocycles. The minimum atomic E-state index is -0.466. The van der Waals surface area contributed by atoms with Crippen LogP contribution in [0.2, 0.25) is 0 Å². The average Bonchev–Trinajstić information content (AvgIpc) is 3.18. The molecule has 0 spiro atoms. The normalized spacial score (nSPS) is 14.3. The summed E-state index contributed by atoms with van der Waals surface area (Å²) in [5, 5.41) is 14.3. The molecule has 0 aliphatic carbocycles. The maximum atomic E-state index is 12.6. The molecule has 1 amide bonds. The number of rotatable bonds is 4. The summed E-state index contributed by atoms with van der Waals surface area (Å²) in [5.41, 5.74) is 2.40. The second-order valence-electron chi connectivity index (χ2n) is 5.95. The van der Waals surface area contributed by atoms with Gasteiger partial charge in [0.1, 0.15) is 16.7 Å². The number of hydrogen-bond acceptors (Lipinski definition) is 8. The Hall–Kier alpha value is -3.11. The number of nitro benzene ring substituents is 1. The first-order chi connectivity index (χ1) is 13.1. The molecule has 1 saturated heterocycles. The van der Waals surface area contributed by atoms with Crippen LogP contribution < -0.4 is 10.2 Å². The summed E-state index contributed by atoms with van der Waals surface area (Å²) in [6.07, 6.45) is 0. The highest BCUT2D eigenvalue weighted by atomic mass is 32.1. The van der Waals surface area contributed by atoms with Crippen LogP contribution in [0.3, 0.4) is 0 Å². The SMILES string of the molecule is O=C(Nc1cccc2nsnc12)c1ccc(N2CCOCC2)c([N+](=O)[O-])c1. The predicted molar refractivity (Wildman–Crippen MR) is 101 cm³/mol. The summed E-state index contributed by atoms with van der Waals surface area (Å²) in [4.78, 5) is 25.6. The van der Waals surface area contributed by atoms with Crippen LogP contribution in [0.15, 0.2) is 36.4 Å². The molecule has 1 aliphatic rings. The van der Waals surface area contributed by atoms with Gasteiger partial charge in [-0.15, -0.1) is 0 Å². The highest BCUT2D eigenvalue weighted by Crippen LogP contribution is 2.30. The highest BCUT2D eigenvalue weighted by molar-refractivity contribution is 7.00. The predicted octanol–water partition coefficient (Wildman–Crippen LogP) is 2.69. The van der Waals surface area contributed by atoms with Crippen LogP contribution in [-0.2, 0) is 4.74 Å². The van der Waals surface area contributed by atoms with Crippen molar-refractivity contribution in [3.05, 3.63) is 52.1 Å². The topological polar surface area (TPSA) is 110 Å². The van der Waals surface area contributed by atoms with E-state index in [-0.39, 0.29) is 11.3 Å². The van der Waals surface area contributed by atoms with Crippen molar-refractivity contribution in [3.63, 3.8) is 0 Å². The third-order valence-electron chi connectivity index (χ3n) is 4.32. The maximum Gasteiger partial charge on any atom is 0.293 e. The van der Waals surface area contributed by atoms with E-state index in [9.17, 15) is 14.9 Å². The molecule has 4 rings (SSSR count). The minimum Gasteiger partial charge on any atom is -0.378 e. The van der Waals surface area contributed by atoms with Crippen LogP contribution in [0.25, 0.3) is 11.0 Å². The summed E-state index contributed by atoms with van der Waals surface area (Å²) < 4.78 is 13.6. The Bertz CT molecular complexity index is 1020. The molecule has 9 nitrogen and oxygen atoms in total. The zero-order valence-corrected chi connectivity index (χ0v) is 14.9. The molecule has 10 heteroatoms. The molecule has 27 heavy (non-hydrogen) atoms. The first kappa shape index (κ1) is 17.3. The average molecular weight is 385 g/mol. The van der Waals surface area contributed by atoms with Gasteiger partial charge >= 0.3 is 0 Å². The van der Waals surface area contributed by atoms with E-state index in [0.29, 0.717) is 48.7 Å². The molecular formula is C17H15N5O4S. The zero-order valence-electron chi connectivity index (χ0n) is 14.1. The van der Waals surface area contributed by atoms with Crippen LogP contribution in [0, 0.1) is 10.1 Å². The smallest absolute Gasteiger partial charge is 0.293 e. The van der Waals surface area contributed by atoms with Crippen molar-refractivity contribution in [2.24, 2.45) is 0 Å². The number of fused-ring (bicyclic) bond motifs is 1. The van der Waals surface area contributed by atoms with Crippen molar-refractivity contribution >= 4 is 45.7 Å². The maximum absolute atomic E-state index is 12.6. The Balaban J connectivity index is 1.63. The first-order valence-corrected chi connectivity index (χ1v) is 9.00. The van der Waals surface area contributed by atoms with Gasteiger partial charge in [0.15, 0.2) is 0 Å². The third kappa shape index (κ3) is 3.44. The fourth-order valence-corrected chi connectivity index (χ4v) is 3.53. The first-order valence-electron chi connectivity index (χ1n) is 8.27. The van der Waals surface area contributed by atoms with Gasteiger partial charge in [-0.05, 0) is 24.3 Å². The van der Waals surface area contributed by atoms with Gasteiger partial charge < -0.3 is 15.0 Å². The lowest BCUT2D eigenvalue weighted by Gasteiger charge is -2.28. The second kappa shape index (κ2) is 7.25. The number of anilines is 2. The fraction of sp³-hybridized carbons (Fsp3) is 0.235. The molecule has 138 valence electrons. The van der Waals surface area contributed by atoms with Crippen LogP contribution >= 0.6 is 11.7 Å². The number of nitrogens with zero attached hydrogens (tertiary/aromatic N) is 4. The van der Waals surface area contributed by atoms with Crippen molar-refractivity contribution in [2.75, 3.05) is 36.5 Å². The van der Waals surface area contributed by atoms with E-state index in [1.807, 2.05) is 4.90 Å². The molecule has 1 fully saturated rings. The van der Waals surface area contributed by atoms with Crippen LogP contribution in [0.5, 0.6) is 0 Å². The van der Waals surface area contributed by atoms with Gasteiger partial charge in [-0.2, -0.15) is 8.75 Å². The summed E-state index contributed by atoms with van der Waals surface area (Å²) >= 11 is 1.06. The monoisotopic (exact) mass is 385 g/mol. The number of ether oxygens (including phenoxy) is 1. The molecular weight excluding hydrogens is 370 g/mol. The summed E-state index contributed by atoms with van der Waals surface area (Å²) in [7, 11) is 0. The number of aromatic nitrogens is 2. The van der Waals surface area contributed by atoms with Crippen molar-refractivity contribution < 1.29 is 14.5 Å². The minimum absolute atomic E-state index is 0.0990. The lowest BCUT2D eigenvalue weighted by atomic mass is 10.1. The number of morpholine rings is 1. The molecule has 0 unspecified atom stereocenters. The molecule has 0 radical (unpaired) electrons. The van der Waals surface area contributed by atoms with Gasteiger partial charge in [0.2, 0.25) is 0 Å². The molecule has 0 saturated carbocycles. The Labute approximate surface area is 158 Å². The molecule has 3 aromatic rings. The standard InChI is InChI=1S/C17H15N5O4S/c23-17(18-12-2-1-3-13-16(12)20-27-19-13)11-4-5-14(15(10-11)22(24)25)21-6-8-26-9-7-21/h1-5,10H,6-9H2,(H,18,23). The molecule has 1 N–H and O–H groups in total. The van der Waals surface area contributed by atoms with E-state index in [0.717, 1.165) is 11.7 Å². The fourth-order valence-electron chi connectivity index (χ4n) is 2.98. The quantitative estimate of drug-likeness (QED) is 0.543. The van der Waals surface area contributed by atoms with Crippen LogP contribution in [0.4, 0.5) is 17.1 Å². The Morgan fingerprint density at radius 1 is 1.22 bits per heavy atom. The Kier molecular flexibility index (Phi) is 4.65. The van der Waals surface area contributed by atoms with Crippen LogP contribution in [-0.4, -0.2) is 45.9 Å². The summed E-state index contributed by atoms with van der Waals surface area (Å²) in [6, 6.07) is 9.80.